The van der Waals surface area contributed by atoms with Gasteiger partial charge in [0.15, 0.2) is 0 Å². The summed E-state index contributed by atoms with van der Waals surface area (Å²) >= 11 is 0. The van der Waals surface area contributed by atoms with E-state index in [1.54, 1.807) is 37.1 Å². The molecule has 1 amide bonds. The van der Waals surface area contributed by atoms with E-state index < -0.39 is 11.4 Å². The molecule has 8 heteroatoms. The lowest BCUT2D eigenvalue weighted by atomic mass is 9.73. The number of likely N-dealkylation sites (tertiary alicyclic amines) is 1. The number of carboxylic acid groups (broad SMARTS) is 1. The number of rotatable bonds is 4. The van der Waals surface area contributed by atoms with Crippen molar-refractivity contribution in [1.29, 1.82) is 0 Å². The van der Waals surface area contributed by atoms with E-state index in [1.807, 2.05) is 6.07 Å². The first-order valence-corrected chi connectivity index (χ1v) is 8.67. The monoisotopic (exact) mass is 372 g/mol. The van der Waals surface area contributed by atoms with Gasteiger partial charge in [-0.15, -0.1) is 0 Å². The molecule has 0 bridgehead atoms. The molecule has 1 fully saturated rings. The molecule has 0 saturated carbocycles. The topological polar surface area (TPSA) is 102 Å². The molecule has 2 atom stereocenters. The number of aryl methyl sites for hydroxylation is 1. The van der Waals surface area contributed by atoms with Gasteiger partial charge in [0.1, 0.15) is 29.3 Å². The van der Waals surface area contributed by atoms with E-state index in [0.29, 0.717) is 29.5 Å². The van der Waals surface area contributed by atoms with E-state index in [-0.39, 0.29) is 31.4 Å². The molecule has 1 N–H and O–H groups in total. The molecule has 4 rings (SSSR count). The number of amides is 1. The maximum Gasteiger partial charge on any atom is 0.315 e. The molecule has 0 spiro atoms. The quantitative estimate of drug-likeness (QED) is 0.870. The molecule has 1 aromatic heterocycles. The third-order valence-corrected chi connectivity index (χ3v) is 5.41. The van der Waals surface area contributed by atoms with Crippen molar-refractivity contribution >= 4 is 11.9 Å². The van der Waals surface area contributed by atoms with Crippen LogP contribution in [-0.4, -0.2) is 53.8 Å². The standard InChI is InChI=1S/C19H20N2O6/c1-11-5-13(27-20-11)7-17(22)21-8-15-14-4-3-12(25-2)6-16(14)26-10-19(15,9-21)18(23)24/h3-6,15H,7-10H2,1-2H3,(H,23,24)/t15-,19-/m1/s1. The van der Waals surface area contributed by atoms with Gasteiger partial charge in [0.05, 0.1) is 19.2 Å². The summed E-state index contributed by atoms with van der Waals surface area (Å²) < 4.78 is 16.1. The molecule has 8 nitrogen and oxygen atoms in total. The molecule has 2 aliphatic heterocycles. The number of hydrogen-bond donors (Lipinski definition) is 1. The van der Waals surface area contributed by atoms with E-state index in [4.69, 9.17) is 14.0 Å². The minimum atomic E-state index is -1.16. The molecule has 2 aliphatic rings. The Bertz CT molecular complexity index is 907. The third-order valence-electron chi connectivity index (χ3n) is 5.41. The Morgan fingerprint density at radius 2 is 2.22 bits per heavy atom. The molecule has 0 unspecified atom stereocenters. The van der Waals surface area contributed by atoms with E-state index in [1.165, 1.54) is 0 Å². The summed E-state index contributed by atoms with van der Waals surface area (Å²) in [4.78, 5) is 26.5. The van der Waals surface area contributed by atoms with Crippen LogP contribution in [0.4, 0.5) is 0 Å². The first kappa shape index (κ1) is 17.4. The number of aromatic nitrogens is 1. The van der Waals surface area contributed by atoms with E-state index in [9.17, 15) is 14.7 Å². The third kappa shape index (κ3) is 2.81. The van der Waals surface area contributed by atoms with Gasteiger partial charge in [-0.25, -0.2) is 0 Å². The van der Waals surface area contributed by atoms with Gasteiger partial charge in [-0.3, -0.25) is 9.59 Å². The second-order valence-electron chi connectivity index (χ2n) is 7.09. The smallest absolute Gasteiger partial charge is 0.315 e. The van der Waals surface area contributed by atoms with Crippen molar-refractivity contribution in [3.05, 3.63) is 41.3 Å². The van der Waals surface area contributed by atoms with Crippen LogP contribution in [0, 0.1) is 12.3 Å². The highest BCUT2D eigenvalue weighted by molar-refractivity contribution is 5.83. The number of methoxy groups -OCH3 is 1. The Hall–Kier alpha value is -3.03. The van der Waals surface area contributed by atoms with Crippen molar-refractivity contribution in [2.75, 3.05) is 26.8 Å². The molecule has 142 valence electrons. The van der Waals surface area contributed by atoms with Crippen LogP contribution in [0.3, 0.4) is 0 Å². The number of aliphatic carboxylic acids is 1. The van der Waals surface area contributed by atoms with E-state index in [2.05, 4.69) is 5.16 Å². The average Bonchev–Trinajstić information content (AvgIpc) is 3.25. The van der Waals surface area contributed by atoms with Crippen molar-refractivity contribution in [2.24, 2.45) is 5.41 Å². The van der Waals surface area contributed by atoms with Crippen LogP contribution in [-0.2, 0) is 16.0 Å². The lowest BCUT2D eigenvalue weighted by Crippen LogP contribution is -2.46. The number of hydrogen-bond acceptors (Lipinski definition) is 6. The van der Waals surface area contributed by atoms with Gasteiger partial charge >= 0.3 is 5.97 Å². The molecule has 3 heterocycles. The molecule has 0 aliphatic carbocycles. The summed E-state index contributed by atoms with van der Waals surface area (Å²) in [7, 11) is 1.56. The average molecular weight is 372 g/mol. The van der Waals surface area contributed by atoms with Crippen LogP contribution in [0.25, 0.3) is 0 Å². The zero-order valence-corrected chi connectivity index (χ0v) is 15.1. The maximum absolute atomic E-state index is 12.7. The Kier molecular flexibility index (Phi) is 4.05. The number of fused-ring (bicyclic) bond motifs is 3. The van der Waals surface area contributed by atoms with Crippen LogP contribution in [0.2, 0.25) is 0 Å². The van der Waals surface area contributed by atoms with Crippen molar-refractivity contribution in [3.8, 4) is 11.5 Å². The summed E-state index contributed by atoms with van der Waals surface area (Å²) in [6, 6.07) is 7.06. The molecule has 27 heavy (non-hydrogen) atoms. The molecule has 2 aromatic rings. The number of carbonyl (C=O) groups excluding carboxylic acids is 1. The first-order valence-electron chi connectivity index (χ1n) is 8.67. The second-order valence-corrected chi connectivity index (χ2v) is 7.09. The summed E-state index contributed by atoms with van der Waals surface area (Å²) in [6.07, 6.45) is 0.0551. The maximum atomic E-state index is 12.7. The Balaban J connectivity index is 1.62. The fraction of sp³-hybridized carbons (Fsp3) is 0.421. The number of carboxylic acids is 1. The molecule has 0 radical (unpaired) electrons. The van der Waals surface area contributed by atoms with Crippen molar-refractivity contribution in [3.63, 3.8) is 0 Å². The SMILES string of the molecule is COc1ccc2c(c1)OC[C@]1(C(=O)O)CN(C(=O)Cc3cc(C)no3)C[C@H]21. The molecular weight excluding hydrogens is 352 g/mol. The minimum Gasteiger partial charge on any atom is -0.497 e. The zero-order valence-electron chi connectivity index (χ0n) is 15.1. The van der Waals surface area contributed by atoms with Gasteiger partial charge in [0.2, 0.25) is 5.91 Å². The molecule has 1 saturated heterocycles. The fourth-order valence-corrected chi connectivity index (χ4v) is 3.94. The van der Waals surface area contributed by atoms with Crippen molar-refractivity contribution in [2.45, 2.75) is 19.3 Å². The Labute approximate surface area is 155 Å². The van der Waals surface area contributed by atoms with Crippen LogP contribution < -0.4 is 9.47 Å². The second kappa shape index (κ2) is 6.29. The number of ether oxygens (including phenoxy) is 2. The predicted molar refractivity (Wildman–Crippen MR) is 92.8 cm³/mol. The molecular formula is C19H20N2O6. The summed E-state index contributed by atoms with van der Waals surface area (Å²) in [5, 5.41) is 13.7. The van der Waals surface area contributed by atoms with Crippen molar-refractivity contribution < 1.29 is 28.7 Å². The largest absolute Gasteiger partial charge is 0.497 e. The van der Waals surface area contributed by atoms with Gasteiger partial charge in [0, 0.05) is 36.7 Å². The number of benzene rings is 1. The Morgan fingerprint density at radius 1 is 1.41 bits per heavy atom. The number of carbonyl (C=O) groups is 2. The highest BCUT2D eigenvalue weighted by atomic mass is 16.5. The highest BCUT2D eigenvalue weighted by Crippen LogP contribution is 2.50. The van der Waals surface area contributed by atoms with E-state index in [0.717, 1.165) is 5.56 Å². The van der Waals surface area contributed by atoms with Gasteiger partial charge < -0.3 is 24.0 Å². The lowest BCUT2D eigenvalue weighted by molar-refractivity contribution is -0.152. The highest BCUT2D eigenvalue weighted by Gasteiger charge is 2.57. The van der Waals surface area contributed by atoms with Gasteiger partial charge in [-0.2, -0.15) is 0 Å². The van der Waals surface area contributed by atoms with Crippen LogP contribution in [0.1, 0.15) is 22.9 Å². The lowest BCUT2D eigenvalue weighted by Gasteiger charge is -2.35. The molecule has 1 aromatic carbocycles. The normalized spacial score (nSPS) is 23.3. The summed E-state index contributed by atoms with van der Waals surface area (Å²) in [5.41, 5.74) is 0.329. The van der Waals surface area contributed by atoms with Gasteiger partial charge in [-0.05, 0) is 13.0 Å². The van der Waals surface area contributed by atoms with Crippen LogP contribution in [0.15, 0.2) is 28.8 Å². The van der Waals surface area contributed by atoms with Crippen LogP contribution >= 0.6 is 0 Å². The summed E-state index contributed by atoms with van der Waals surface area (Å²) in [5.74, 6) is 0.235. The van der Waals surface area contributed by atoms with Crippen LogP contribution in [0.5, 0.6) is 11.5 Å². The minimum absolute atomic E-state index is 0.0123. The number of nitrogens with zero attached hydrogens (tertiary/aromatic N) is 2. The zero-order chi connectivity index (χ0) is 19.2. The first-order chi connectivity index (χ1) is 12.9. The van der Waals surface area contributed by atoms with Gasteiger partial charge in [-0.1, -0.05) is 11.2 Å². The van der Waals surface area contributed by atoms with E-state index >= 15 is 0 Å². The predicted octanol–water partition coefficient (Wildman–Crippen LogP) is 1.62. The fourth-order valence-electron chi connectivity index (χ4n) is 3.94. The van der Waals surface area contributed by atoms with Crippen molar-refractivity contribution in [1.82, 2.24) is 10.1 Å². The van der Waals surface area contributed by atoms with Gasteiger partial charge in [0.25, 0.3) is 0 Å². The summed E-state index contributed by atoms with van der Waals surface area (Å²) in [6.45, 7) is 2.22. The Morgan fingerprint density at radius 3 is 2.89 bits per heavy atom.